The van der Waals surface area contributed by atoms with Crippen LogP contribution in [0.3, 0.4) is 0 Å². The molecule has 0 heterocycles. The Morgan fingerprint density at radius 3 is 2.30 bits per heavy atom. The molecule has 0 saturated heterocycles. The van der Waals surface area contributed by atoms with Gasteiger partial charge < -0.3 is 0 Å². The topological polar surface area (TPSA) is 3.24 Å². The Hall–Kier alpha value is -0.740. The molecule has 1 aromatic rings. The van der Waals surface area contributed by atoms with Crippen molar-refractivity contribution in [3.05, 3.63) is 35.4 Å². The highest BCUT2D eigenvalue weighted by Crippen LogP contribution is 2.30. The van der Waals surface area contributed by atoms with Crippen LogP contribution in [-0.4, -0.2) is 23.4 Å². The Labute approximate surface area is 122 Å². The minimum Gasteiger partial charge on any atom is -0.298 e. The van der Waals surface area contributed by atoms with E-state index in [1.165, 1.54) is 12.8 Å². The van der Waals surface area contributed by atoms with E-state index in [0.717, 1.165) is 30.5 Å². The fourth-order valence-corrected chi connectivity index (χ4v) is 3.24. The predicted octanol–water partition coefficient (Wildman–Crippen LogP) is 4.69. The van der Waals surface area contributed by atoms with Crippen LogP contribution in [0.15, 0.2) is 24.3 Å². The van der Waals surface area contributed by atoms with Crippen molar-refractivity contribution in [2.75, 3.05) is 7.05 Å². The molecule has 2 rings (SSSR count). The third kappa shape index (κ3) is 3.89. The first-order valence-electron chi connectivity index (χ1n) is 6.88. The number of rotatable bonds is 3. The molecule has 0 N–H and O–H groups in total. The summed E-state index contributed by atoms with van der Waals surface area (Å²) in [5, 5.41) is 0.142. The lowest BCUT2D eigenvalue weighted by Crippen LogP contribution is -2.40. The second kappa shape index (κ2) is 6.35. The number of benzene rings is 1. The monoisotopic (exact) mass is 305 g/mol. The summed E-state index contributed by atoms with van der Waals surface area (Å²) < 4.78 is 37.5. The predicted molar refractivity (Wildman–Crippen MR) is 74.8 cm³/mol. The Morgan fingerprint density at radius 1 is 1.15 bits per heavy atom. The van der Waals surface area contributed by atoms with Gasteiger partial charge in [-0.2, -0.15) is 13.2 Å². The fraction of sp³-hybridized carbons (Fsp3) is 0.600. The van der Waals surface area contributed by atoms with Crippen molar-refractivity contribution in [1.82, 2.24) is 4.90 Å². The summed E-state index contributed by atoms with van der Waals surface area (Å²) in [5.41, 5.74) is 0.284. The first kappa shape index (κ1) is 15.6. The van der Waals surface area contributed by atoms with E-state index >= 15 is 0 Å². The van der Waals surface area contributed by atoms with Gasteiger partial charge in [0.2, 0.25) is 0 Å². The van der Waals surface area contributed by atoms with Gasteiger partial charge in [-0.25, -0.2) is 0 Å². The lowest BCUT2D eigenvalue weighted by Gasteiger charge is -2.35. The van der Waals surface area contributed by atoms with E-state index in [-0.39, 0.29) is 5.38 Å². The Bertz CT molecular complexity index is 430. The van der Waals surface area contributed by atoms with Gasteiger partial charge in [-0.1, -0.05) is 25.0 Å². The van der Waals surface area contributed by atoms with Crippen molar-refractivity contribution >= 4 is 11.6 Å². The van der Waals surface area contributed by atoms with Gasteiger partial charge in [0.1, 0.15) is 0 Å². The van der Waals surface area contributed by atoms with E-state index < -0.39 is 11.7 Å². The van der Waals surface area contributed by atoms with Gasteiger partial charge in [0.15, 0.2) is 0 Å². The van der Waals surface area contributed by atoms with E-state index in [0.29, 0.717) is 12.6 Å². The van der Waals surface area contributed by atoms with Crippen molar-refractivity contribution in [3.8, 4) is 0 Å². The normalized spacial score (nSPS) is 24.1. The SMILES string of the molecule is CN(Cc1ccc(C(F)(F)F)cc1)C1CCCCC1Cl. The number of nitrogens with zero attached hydrogens (tertiary/aromatic N) is 1. The maximum atomic E-state index is 12.5. The lowest BCUT2D eigenvalue weighted by atomic mass is 9.93. The molecule has 2 unspecified atom stereocenters. The highest BCUT2D eigenvalue weighted by atomic mass is 35.5. The zero-order chi connectivity index (χ0) is 14.8. The fourth-order valence-electron chi connectivity index (χ4n) is 2.77. The quantitative estimate of drug-likeness (QED) is 0.732. The second-order valence-electron chi connectivity index (χ2n) is 5.48. The van der Waals surface area contributed by atoms with Gasteiger partial charge in [-0.05, 0) is 37.6 Å². The molecule has 0 spiro atoms. The number of alkyl halides is 4. The van der Waals surface area contributed by atoms with Crippen molar-refractivity contribution in [2.24, 2.45) is 0 Å². The summed E-state index contributed by atoms with van der Waals surface area (Å²) in [7, 11) is 1.99. The number of halogens is 4. The standard InChI is InChI=1S/C15H19ClF3N/c1-20(14-5-3-2-4-13(14)16)10-11-6-8-12(9-7-11)15(17,18)19/h6-9,13-14H,2-5,10H2,1H3. The molecular weight excluding hydrogens is 287 g/mol. The molecule has 20 heavy (non-hydrogen) atoms. The van der Waals surface area contributed by atoms with Crippen molar-refractivity contribution in [3.63, 3.8) is 0 Å². The third-order valence-corrected chi connectivity index (χ3v) is 4.44. The van der Waals surface area contributed by atoms with Crippen LogP contribution < -0.4 is 0 Å². The highest BCUT2D eigenvalue weighted by Gasteiger charge is 2.30. The number of hydrogen-bond acceptors (Lipinski definition) is 1. The molecule has 1 saturated carbocycles. The minimum absolute atomic E-state index is 0.142. The number of hydrogen-bond donors (Lipinski definition) is 0. The van der Waals surface area contributed by atoms with Crippen molar-refractivity contribution < 1.29 is 13.2 Å². The molecule has 5 heteroatoms. The molecule has 0 bridgehead atoms. The minimum atomic E-state index is -4.27. The van der Waals surface area contributed by atoms with Gasteiger partial charge in [-0.3, -0.25) is 4.90 Å². The zero-order valence-electron chi connectivity index (χ0n) is 11.5. The van der Waals surface area contributed by atoms with Crippen LogP contribution in [0.4, 0.5) is 13.2 Å². The smallest absolute Gasteiger partial charge is 0.298 e. The van der Waals surface area contributed by atoms with Crippen molar-refractivity contribution in [1.29, 1.82) is 0 Å². The van der Waals surface area contributed by atoms with Crippen LogP contribution in [0.25, 0.3) is 0 Å². The lowest BCUT2D eigenvalue weighted by molar-refractivity contribution is -0.137. The second-order valence-corrected chi connectivity index (χ2v) is 6.04. The van der Waals surface area contributed by atoms with E-state index in [9.17, 15) is 13.2 Å². The molecule has 1 fully saturated rings. The van der Waals surface area contributed by atoms with Crippen LogP contribution in [0, 0.1) is 0 Å². The highest BCUT2D eigenvalue weighted by molar-refractivity contribution is 6.21. The molecular formula is C15H19ClF3N. The average molecular weight is 306 g/mol. The van der Waals surface area contributed by atoms with Crippen LogP contribution in [0.1, 0.15) is 36.8 Å². The largest absolute Gasteiger partial charge is 0.416 e. The van der Waals surface area contributed by atoms with E-state index in [2.05, 4.69) is 4.90 Å². The van der Waals surface area contributed by atoms with Crippen LogP contribution in [0.2, 0.25) is 0 Å². The van der Waals surface area contributed by atoms with E-state index in [1.54, 1.807) is 12.1 Å². The van der Waals surface area contributed by atoms with Gasteiger partial charge in [0, 0.05) is 18.0 Å². The molecule has 0 amide bonds. The Balaban J connectivity index is 1.99. The molecule has 0 radical (unpaired) electrons. The first-order valence-corrected chi connectivity index (χ1v) is 7.32. The van der Waals surface area contributed by atoms with Gasteiger partial charge in [0.25, 0.3) is 0 Å². The summed E-state index contributed by atoms with van der Waals surface area (Å²) in [6.45, 7) is 0.631. The van der Waals surface area contributed by atoms with Crippen LogP contribution in [-0.2, 0) is 12.7 Å². The van der Waals surface area contributed by atoms with Crippen molar-refractivity contribution in [2.45, 2.75) is 49.8 Å². The van der Waals surface area contributed by atoms with Crippen LogP contribution in [0.5, 0.6) is 0 Å². The summed E-state index contributed by atoms with van der Waals surface area (Å²) in [5.74, 6) is 0. The summed E-state index contributed by atoms with van der Waals surface area (Å²) in [6.07, 6.45) is 0.147. The molecule has 1 nitrogen and oxygen atoms in total. The summed E-state index contributed by atoms with van der Waals surface area (Å²) in [6, 6.07) is 5.69. The maximum absolute atomic E-state index is 12.5. The molecule has 1 aromatic carbocycles. The van der Waals surface area contributed by atoms with Gasteiger partial charge >= 0.3 is 6.18 Å². The van der Waals surface area contributed by atoms with Gasteiger partial charge in [0.05, 0.1) is 5.56 Å². The third-order valence-electron chi connectivity index (χ3n) is 3.93. The maximum Gasteiger partial charge on any atom is 0.416 e. The Kier molecular flexibility index (Phi) is 4.97. The van der Waals surface area contributed by atoms with Gasteiger partial charge in [-0.15, -0.1) is 11.6 Å². The molecule has 0 aliphatic heterocycles. The van der Waals surface area contributed by atoms with E-state index in [4.69, 9.17) is 11.6 Å². The molecule has 1 aliphatic rings. The summed E-state index contributed by atoms with van der Waals surface area (Å²) in [4.78, 5) is 2.15. The molecule has 112 valence electrons. The van der Waals surface area contributed by atoms with E-state index in [1.807, 2.05) is 7.05 Å². The molecule has 1 aliphatic carbocycles. The first-order chi connectivity index (χ1) is 9.38. The summed E-state index contributed by atoms with van der Waals surface area (Å²) >= 11 is 6.34. The van der Waals surface area contributed by atoms with Crippen LogP contribution >= 0.6 is 11.6 Å². The average Bonchev–Trinajstić information content (AvgIpc) is 2.38. The zero-order valence-corrected chi connectivity index (χ0v) is 12.2. The molecule has 2 atom stereocenters. The Morgan fingerprint density at radius 2 is 1.75 bits per heavy atom. The molecule has 0 aromatic heterocycles.